The van der Waals surface area contributed by atoms with Crippen molar-refractivity contribution in [1.82, 2.24) is 14.9 Å². The highest BCUT2D eigenvalue weighted by molar-refractivity contribution is 5.83. The molecule has 0 saturated heterocycles. The van der Waals surface area contributed by atoms with E-state index in [2.05, 4.69) is 66.2 Å². The number of carbonyl (C=O) groups is 1. The molecule has 2 aromatic carbocycles. The Hall–Kier alpha value is -2.82. The standard InChI is InChI=1S/C31H39N3O2/c1-21(2)25-7-9-26(10-8-25)36-14-13-34-28-6-4-3-5-27(28)33-29(34)11-12-32-30(35)31-18-22-15-23(19-31)17-24(16-22)20-31/h3-10,21-24H,11-20H2,1-2H3,(H,32,35). The van der Waals surface area contributed by atoms with Gasteiger partial charge in [-0.2, -0.15) is 0 Å². The van der Waals surface area contributed by atoms with Crippen molar-refractivity contribution in [3.8, 4) is 5.75 Å². The number of imidazole rings is 1. The SMILES string of the molecule is CC(C)c1ccc(OCCn2c(CCNC(=O)C34CC5CC(CC(C5)C3)C4)nc3ccccc32)cc1. The van der Waals surface area contributed by atoms with E-state index in [1.54, 1.807) is 0 Å². The summed E-state index contributed by atoms with van der Waals surface area (Å²) in [6.45, 7) is 6.35. The van der Waals surface area contributed by atoms with Crippen LogP contribution in [-0.2, 0) is 17.8 Å². The van der Waals surface area contributed by atoms with E-state index in [9.17, 15) is 4.79 Å². The van der Waals surface area contributed by atoms with Crippen LogP contribution in [0, 0.1) is 23.2 Å². The Kier molecular flexibility index (Phi) is 6.27. The van der Waals surface area contributed by atoms with Crippen LogP contribution in [0.15, 0.2) is 48.5 Å². The molecule has 0 atom stereocenters. The predicted octanol–water partition coefficient (Wildman–Crippen LogP) is 6.11. The van der Waals surface area contributed by atoms with E-state index in [0.717, 1.165) is 72.6 Å². The molecule has 0 spiro atoms. The van der Waals surface area contributed by atoms with E-state index in [0.29, 0.717) is 25.0 Å². The number of hydrogen-bond acceptors (Lipinski definition) is 3. The van der Waals surface area contributed by atoms with Crippen molar-refractivity contribution in [3.05, 3.63) is 59.9 Å². The van der Waals surface area contributed by atoms with Gasteiger partial charge in [-0.15, -0.1) is 0 Å². The van der Waals surface area contributed by atoms with Gasteiger partial charge >= 0.3 is 0 Å². The Balaban J connectivity index is 1.09. The van der Waals surface area contributed by atoms with Crippen LogP contribution >= 0.6 is 0 Å². The summed E-state index contributed by atoms with van der Waals surface area (Å²) in [5.74, 6) is 5.09. The minimum Gasteiger partial charge on any atom is -0.492 e. The highest BCUT2D eigenvalue weighted by atomic mass is 16.5. The Bertz CT molecular complexity index is 1190. The lowest BCUT2D eigenvalue weighted by molar-refractivity contribution is -0.146. The van der Waals surface area contributed by atoms with E-state index in [-0.39, 0.29) is 5.41 Å². The van der Waals surface area contributed by atoms with Crippen molar-refractivity contribution in [1.29, 1.82) is 0 Å². The predicted molar refractivity (Wildman–Crippen MR) is 143 cm³/mol. The van der Waals surface area contributed by atoms with E-state index >= 15 is 0 Å². The van der Waals surface area contributed by atoms with Crippen LogP contribution < -0.4 is 10.1 Å². The fourth-order valence-corrected chi connectivity index (χ4v) is 7.63. The molecule has 0 unspecified atom stereocenters. The van der Waals surface area contributed by atoms with Gasteiger partial charge in [-0.25, -0.2) is 4.98 Å². The van der Waals surface area contributed by atoms with Crippen molar-refractivity contribution in [2.75, 3.05) is 13.2 Å². The molecule has 1 aromatic heterocycles. The van der Waals surface area contributed by atoms with Crippen molar-refractivity contribution in [3.63, 3.8) is 0 Å². The maximum absolute atomic E-state index is 13.4. The molecular formula is C31H39N3O2. The molecule has 1 heterocycles. The third-order valence-electron chi connectivity index (χ3n) is 9.02. The van der Waals surface area contributed by atoms with Gasteiger partial charge in [-0.05, 0) is 92.0 Å². The summed E-state index contributed by atoms with van der Waals surface area (Å²) in [6, 6.07) is 16.7. The third-order valence-corrected chi connectivity index (χ3v) is 9.02. The normalized spacial score (nSPS) is 26.6. The van der Waals surface area contributed by atoms with Gasteiger partial charge in [0.15, 0.2) is 0 Å². The quantitative estimate of drug-likeness (QED) is 0.398. The van der Waals surface area contributed by atoms with Gasteiger partial charge in [0, 0.05) is 18.4 Å². The van der Waals surface area contributed by atoms with Crippen LogP contribution in [-0.4, -0.2) is 28.6 Å². The Morgan fingerprint density at radius 2 is 1.69 bits per heavy atom. The number of fused-ring (bicyclic) bond motifs is 1. The molecule has 7 rings (SSSR count). The molecule has 4 bridgehead atoms. The van der Waals surface area contributed by atoms with E-state index in [1.807, 2.05) is 6.07 Å². The highest BCUT2D eigenvalue weighted by Gasteiger charge is 2.54. The molecule has 190 valence electrons. The number of rotatable bonds is 9. The minimum atomic E-state index is -0.0894. The van der Waals surface area contributed by atoms with Gasteiger partial charge < -0.3 is 14.6 Å². The lowest BCUT2D eigenvalue weighted by atomic mass is 9.49. The second kappa shape index (κ2) is 9.57. The molecule has 1 N–H and O–H groups in total. The number of carbonyl (C=O) groups excluding carboxylic acids is 1. The number of hydrogen-bond donors (Lipinski definition) is 1. The van der Waals surface area contributed by atoms with Crippen LogP contribution in [0.3, 0.4) is 0 Å². The zero-order valence-electron chi connectivity index (χ0n) is 21.7. The molecule has 1 amide bonds. The van der Waals surface area contributed by atoms with Crippen molar-refractivity contribution in [2.24, 2.45) is 23.2 Å². The number of benzene rings is 2. The first-order valence-corrected chi connectivity index (χ1v) is 13.9. The fourth-order valence-electron chi connectivity index (χ4n) is 7.63. The summed E-state index contributed by atoms with van der Waals surface area (Å²) < 4.78 is 8.34. The number of nitrogens with zero attached hydrogens (tertiary/aromatic N) is 2. The highest BCUT2D eigenvalue weighted by Crippen LogP contribution is 2.60. The van der Waals surface area contributed by atoms with Crippen LogP contribution in [0.5, 0.6) is 5.75 Å². The van der Waals surface area contributed by atoms with Crippen LogP contribution in [0.4, 0.5) is 0 Å². The molecule has 36 heavy (non-hydrogen) atoms. The molecule has 4 aliphatic carbocycles. The lowest BCUT2D eigenvalue weighted by Gasteiger charge is -2.55. The Morgan fingerprint density at radius 1 is 1.03 bits per heavy atom. The molecule has 0 aliphatic heterocycles. The molecule has 4 fully saturated rings. The van der Waals surface area contributed by atoms with Crippen molar-refractivity contribution in [2.45, 2.75) is 71.3 Å². The zero-order valence-corrected chi connectivity index (χ0v) is 21.7. The molecule has 5 heteroatoms. The van der Waals surface area contributed by atoms with Gasteiger partial charge in [0.1, 0.15) is 18.2 Å². The number of amides is 1. The number of para-hydroxylation sites is 2. The van der Waals surface area contributed by atoms with Crippen molar-refractivity contribution >= 4 is 16.9 Å². The molecule has 4 aliphatic rings. The van der Waals surface area contributed by atoms with Gasteiger partial charge in [0.05, 0.1) is 17.6 Å². The van der Waals surface area contributed by atoms with Crippen LogP contribution in [0.1, 0.15) is 69.7 Å². The summed E-state index contributed by atoms with van der Waals surface area (Å²) in [6.07, 6.45) is 8.15. The van der Waals surface area contributed by atoms with Gasteiger partial charge in [0.25, 0.3) is 0 Å². The first-order chi connectivity index (χ1) is 17.5. The third kappa shape index (κ3) is 4.53. The minimum absolute atomic E-state index is 0.0894. The van der Waals surface area contributed by atoms with E-state index in [4.69, 9.17) is 9.72 Å². The molecule has 5 nitrogen and oxygen atoms in total. The first-order valence-electron chi connectivity index (χ1n) is 13.9. The molecular weight excluding hydrogens is 446 g/mol. The number of aromatic nitrogens is 2. The van der Waals surface area contributed by atoms with Crippen molar-refractivity contribution < 1.29 is 9.53 Å². The second-order valence-corrected chi connectivity index (χ2v) is 11.9. The molecule has 3 aromatic rings. The largest absolute Gasteiger partial charge is 0.492 e. The number of nitrogens with one attached hydrogen (secondary N) is 1. The lowest BCUT2D eigenvalue weighted by Crippen LogP contribution is -2.53. The Morgan fingerprint density at radius 3 is 2.36 bits per heavy atom. The first kappa shape index (κ1) is 23.6. The van der Waals surface area contributed by atoms with Crippen LogP contribution in [0.25, 0.3) is 11.0 Å². The number of ether oxygens (including phenoxy) is 1. The average Bonchev–Trinajstić information content (AvgIpc) is 3.21. The monoisotopic (exact) mass is 485 g/mol. The van der Waals surface area contributed by atoms with Gasteiger partial charge in [0.2, 0.25) is 5.91 Å². The zero-order chi connectivity index (χ0) is 24.7. The van der Waals surface area contributed by atoms with Crippen LogP contribution in [0.2, 0.25) is 0 Å². The molecule has 0 radical (unpaired) electrons. The second-order valence-electron chi connectivity index (χ2n) is 11.9. The van der Waals surface area contributed by atoms with Gasteiger partial charge in [-0.1, -0.05) is 38.1 Å². The maximum Gasteiger partial charge on any atom is 0.226 e. The van der Waals surface area contributed by atoms with E-state index in [1.165, 1.54) is 24.8 Å². The summed E-state index contributed by atoms with van der Waals surface area (Å²) in [5, 5.41) is 3.33. The fraction of sp³-hybridized carbons (Fsp3) is 0.548. The summed E-state index contributed by atoms with van der Waals surface area (Å²) in [7, 11) is 0. The summed E-state index contributed by atoms with van der Waals surface area (Å²) in [5.41, 5.74) is 3.36. The van der Waals surface area contributed by atoms with E-state index < -0.39 is 0 Å². The summed E-state index contributed by atoms with van der Waals surface area (Å²) >= 11 is 0. The average molecular weight is 486 g/mol. The Labute approximate surface area is 214 Å². The maximum atomic E-state index is 13.4. The van der Waals surface area contributed by atoms with Gasteiger partial charge in [-0.3, -0.25) is 4.79 Å². The topological polar surface area (TPSA) is 56.1 Å². The molecule has 4 saturated carbocycles. The summed E-state index contributed by atoms with van der Waals surface area (Å²) in [4.78, 5) is 18.3. The smallest absolute Gasteiger partial charge is 0.226 e.